The highest BCUT2D eigenvalue weighted by Crippen LogP contribution is 2.29. The number of nitrogens with zero attached hydrogens (tertiary/aromatic N) is 6. The van der Waals surface area contributed by atoms with Crippen LogP contribution in [0.1, 0.15) is 32.9 Å². The second kappa shape index (κ2) is 8.22. The molecule has 3 heterocycles. The van der Waals surface area contributed by atoms with Gasteiger partial charge in [-0.25, -0.2) is 4.98 Å². The van der Waals surface area contributed by atoms with Crippen LogP contribution < -0.4 is 5.32 Å². The number of anilines is 1. The van der Waals surface area contributed by atoms with Crippen LogP contribution in [0.15, 0.2) is 34.7 Å². The summed E-state index contributed by atoms with van der Waals surface area (Å²) in [7, 11) is 1.81. The van der Waals surface area contributed by atoms with Gasteiger partial charge in [-0.2, -0.15) is 10.4 Å². The zero-order chi connectivity index (χ0) is 21.3. The SMILES string of the molecule is Cc1cc(C(=O)Nc2nnc(SCc3ccc(C#N)cc3)s2)c2c(C)nn(C)c2n1. The quantitative estimate of drug-likeness (QED) is 0.374. The Morgan fingerprint density at radius 1 is 1.27 bits per heavy atom. The fourth-order valence-corrected chi connectivity index (χ4v) is 4.76. The second-order valence-electron chi connectivity index (χ2n) is 6.64. The average Bonchev–Trinajstić information content (AvgIpc) is 3.30. The first-order valence-electron chi connectivity index (χ1n) is 9.02. The number of carbonyl (C=O) groups is 1. The molecule has 0 aliphatic heterocycles. The van der Waals surface area contributed by atoms with Crippen LogP contribution in [0.3, 0.4) is 0 Å². The van der Waals surface area contributed by atoms with Crippen LogP contribution in [0.5, 0.6) is 0 Å². The van der Waals surface area contributed by atoms with Gasteiger partial charge in [0.25, 0.3) is 5.91 Å². The van der Waals surface area contributed by atoms with Crippen LogP contribution in [-0.2, 0) is 12.8 Å². The lowest BCUT2D eigenvalue weighted by atomic mass is 10.1. The summed E-state index contributed by atoms with van der Waals surface area (Å²) >= 11 is 2.85. The summed E-state index contributed by atoms with van der Waals surface area (Å²) in [6, 6.07) is 11.3. The van der Waals surface area contributed by atoms with Gasteiger partial charge in [-0.05, 0) is 37.6 Å². The molecular weight excluding hydrogens is 418 g/mol. The fourth-order valence-electron chi connectivity index (χ4n) is 3.05. The van der Waals surface area contributed by atoms with E-state index in [1.165, 1.54) is 23.1 Å². The van der Waals surface area contributed by atoms with Crippen molar-refractivity contribution < 1.29 is 4.79 Å². The molecule has 0 radical (unpaired) electrons. The molecule has 0 atom stereocenters. The minimum absolute atomic E-state index is 0.263. The monoisotopic (exact) mass is 435 g/mol. The molecule has 4 aromatic rings. The summed E-state index contributed by atoms with van der Waals surface area (Å²) in [6.07, 6.45) is 0. The van der Waals surface area contributed by atoms with Crippen molar-refractivity contribution in [3.63, 3.8) is 0 Å². The Kier molecular flexibility index (Phi) is 5.48. The maximum absolute atomic E-state index is 12.9. The molecule has 1 amide bonds. The van der Waals surface area contributed by atoms with Crippen LogP contribution in [0, 0.1) is 25.2 Å². The van der Waals surface area contributed by atoms with Crippen molar-refractivity contribution in [3.8, 4) is 6.07 Å². The van der Waals surface area contributed by atoms with E-state index in [1.54, 1.807) is 22.9 Å². The Labute approximate surface area is 181 Å². The van der Waals surface area contributed by atoms with Crippen molar-refractivity contribution in [2.24, 2.45) is 7.05 Å². The Morgan fingerprint density at radius 3 is 2.77 bits per heavy atom. The van der Waals surface area contributed by atoms with Gasteiger partial charge in [0, 0.05) is 18.5 Å². The van der Waals surface area contributed by atoms with Crippen molar-refractivity contribution in [3.05, 3.63) is 58.4 Å². The van der Waals surface area contributed by atoms with Crippen LogP contribution in [0.4, 0.5) is 5.13 Å². The predicted molar refractivity (Wildman–Crippen MR) is 117 cm³/mol. The number of thioether (sulfide) groups is 1. The maximum atomic E-state index is 12.9. The molecule has 0 unspecified atom stereocenters. The third kappa shape index (κ3) is 4.03. The molecule has 8 nitrogen and oxygen atoms in total. The van der Waals surface area contributed by atoms with Crippen molar-refractivity contribution in [1.29, 1.82) is 5.26 Å². The first-order chi connectivity index (χ1) is 14.4. The molecule has 0 bridgehead atoms. The van der Waals surface area contributed by atoms with Gasteiger partial charge < -0.3 is 0 Å². The van der Waals surface area contributed by atoms with Gasteiger partial charge in [0.2, 0.25) is 5.13 Å². The van der Waals surface area contributed by atoms with E-state index in [2.05, 4.69) is 31.7 Å². The summed E-state index contributed by atoms with van der Waals surface area (Å²) in [4.78, 5) is 17.4. The number of hydrogen-bond donors (Lipinski definition) is 1. The molecule has 150 valence electrons. The molecule has 0 saturated heterocycles. The molecule has 0 saturated carbocycles. The number of rotatable bonds is 5. The second-order valence-corrected chi connectivity index (χ2v) is 8.84. The van der Waals surface area contributed by atoms with Gasteiger partial charge in [-0.1, -0.05) is 35.2 Å². The normalized spacial score (nSPS) is 10.9. The molecule has 10 heteroatoms. The Hall–Kier alpha value is -3.29. The van der Waals surface area contributed by atoms with Crippen molar-refractivity contribution >= 4 is 45.2 Å². The van der Waals surface area contributed by atoms with E-state index < -0.39 is 0 Å². The zero-order valence-electron chi connectivity index (χ0n) is 16.5. The lowest BCUT2D eigenvalue weighted by Gasteiger charge is -2.05. The van der Waals surface area contributed by atoms with Gasteiger partial charge in [-0.3, -0.25) is 14.8 Å². The van der Waals surface area contributed by atoms with E-state index >= 15 is 0 Å². The Bertz CT molecular complexity index is 1290. The van der Waals surface area contributed by atoms with E-state index in [0.29, 0.717) is 27.7 Å². The topological polar surface area (TPSA) is 109 Å². The largest absolute Gasteiger partial charge is 0.296 e. The van der Waals surface area contributed by atoms with Crippen LogP contribution in [-0.4, -0.2) is 30.9 Å². The molecule has 0 aliphatic rings. The number of amides is 1. The summed E-state index contributed by atoms with van der Waals surface area (Å²) in [5, 5.41) is 25.5. The number of nitrogens with one attached hydrogen (secondary N) is 1. The predicted octanol–water partition coefficient (Wildman–Crippen LogP) is 3.85. The average molecular weight is 436 g/mol. The molecule has 4 rings (SSSR count). The molecule has 0 fully saturated rings. The van der Waals surface area contributed by atoms with Crippen LogP contribution in [0.2, 0.25) is 0 Å². The van der Waals surface area contributed by atoms with Gasteiger partial charge >= 0.3 is 0 Å². The number of hydrogen-bond acceptors (Lipinski definition) is 8. The highest BCUT2D eigenvalue weighted by Gasteiger charge is 2.19. The van der Waals surface area contributed by atoms with Crippen molar-refractivity contribution in [1.82, 2.24) is 25.0 Å². The van der Waals surface area contributed by atoms with Gasteiger partial charge in [-0.15, -0.1) is 10.2 Å². The van der Waals surface area contributed by atoms with E-state index in [9.17, 15) is 4.79 Å². The number of nitriles is 1. The summed E-state index contributed by atoms with van der Waals surface area (Å²) in [6.45, 7) is 3.71. The van der Waals surface area contributed by atoms with E-state index in [4.69, 9.17) is 5.26 Å². The third-order valence-corrected chi connectivity index (χ3v) is 6.46. The van der Waals surface area contributed by atoms with Gasteiger partial charge in [0.15, 0.2) is 9.99 Å². The van der Waals surface area contributed by atoms with Gasteiger partial charge in [0.05, 0.1) is 28.3 Å². The highest BCUT2D eigenvalue weighted by atomic mass is 32.2. The van der Waals surface area contributed by atoms with Crippen LogP contribution >= 0.6 is 23.1 Å². The zero-order valence-corrected chi connectivity index (χ0v) is 18.1. The molecule has 1 N–H and O–H groups in total. The van der Waals surface area contributed by atoms with Gasteiger partial charge in [0.1, 0.15) is 0 Å². The first-order valence-corrected chi connectivity index (χ1v) is 10.8. The standard InChI is InChI=1S/C20H17N7OS2/c1-11-8-15(16-12(2)26-27(3)17(16)22-11)18(28)23-19-24-25-20(30-19)29-10-14-6-4-13(9-21)5-7-14/h4-8H,10H2,1-3H3,(H,23,24,28). The van der Waals surface area contributed by atoms with Crippen molar-refractivity contribution in [2.75, 3.05) is 5.32 Å². The molecular formula is C20H17N7OS2. The highest BCUT2D eigenvalue weighted by molar-refractivity contribution is 8.00. The van der Waals surface area contributed by atoms with Crippen LogP contribution in [0.25, 0.3) is 11.0 Å². The molecule has 1 aromatic carbocycles. The number of aromatic nitrogens is 5. The lowest BCUT2D eigenvalue weighted by molar-refractivity contribution is 0.102. The molecule has 30 heavy (non-hydrogen) atoms. The number of carbonyl (C=O) groups excluding carboxylic acids is 1. The van der Waals surface area contributed by atoms with E-state index in [0.717, 1.165) is 26.7 Å². The number of pyridine rings is 1. The number of aryl methyl sites for hydroxylation is 3. The maximum Gasteiger partial charge on any atom is 0.258 e. The third-order valence-electron chi connectivity index (χ3n) is 4.41. The summed E-state index contributed by atoms with van der Waals surface area (Å²) in [5.74, 6) is 0.439. The van der Waals surface area contributed by atoms with Crippen molar-refractivity contribution in [2.45, 2.75) is 23.9 Å². The fraction of sp³-hybridized carbons (Fsp3) is 0.200. The minimum atomic E-state index is -0.263. The Morgan fingerprint density at radius 2 is 2.03 bits per heavy atom. The van der Waals surface area contributed by atoms with E-state index in [1.807, 2.05) is 33.0 Å². The number of benzene rings is 1. The summed E-state index contributed by atoms with van der Waals surface area (Å²) < 4.78 is 2.43. The molecule has 3 aromatic heterocycles. The minimum Gasteiger partial charge on any atom is -0.296 e. The number of fused-ring (bicyclic) bond motifs is 1. The van der Waals surface area contributed by atoms with E-state index in [-0.39, 0.29) is 5.91 Å². The smallest absolute Gasteiger partial charge is 0.258 e. The molecule has 0 aliphatic carbocycles. The summed E-state index contributed by atoms with van der Waals surface area (Å²) in [5.41, 5.74) is 4.40. The lowest BCUT2D eigenvalue weighted by Crippen LogP contribution is -2.13. The Balaban J connectivity index is 1.48. The molecule has 0 spiro atoms. The first kappa shape index (κ1) is 20.0.